The van der Waals surface area contributed by atoms with E-state index in [9.17, 15) is 14.4 Å². The maximum absolute atomic E-state index is 12.2. The number of nitrogens with one attached hydrogen (secondary N) is 1. The zero-order chi connectivity index (χ0) is 15.3. The molecule has 114 valence electrons. The van der Waals surface area contributed by atoms with Gasteiger partial charge in [-0.05, 0) is 26.7 Å². The Morgan fingerprint density at radius 2 is 2.10 bits per heavy atom. The standard InChI is InChI=1S/C13H23N3O4/c1-3-20-12(19)13(15)6-4-5-9(13)10(17)7-16-11(18)8(2)14/h8-9H,3-7,14-15H2,1-2H3,(H,16,18)/t8-,9?,13?/m0/s1. The Bertz CT molecular complexity index is 397. The molecule has 20 heavy (non-hydrogen) atoms. The number of hydrogen-bond donors (Lipinski definition) is 3. The molecule has 1 saturated carbocycles. The number of esters is 1. The fourth-order valence-electron chi connectivity index (χ4n) is 2.45. The molecule has 0 spiro atoms. The SMILES string of the molecule is CCOC(=O)C1(N)CCCC1C(=O)CNC(=O)[C@H](C)N. The van der Waals surface area contributed by atoms with E-state index in [2.05, 4.69) is 5.32 Å². The van der Waals surface area contributed by atoms with Crippen LogP contribution in [0.1, 0.15) is 33.1 Å². The predicted molar refractivity (Wildman–Crippen MR) is 72.6 cm³/mol. The highest BCUT2D eigenvalue weighted by Gasteiger charge is 2.50. The summed E-state index contributed by atoms with van der Waals surface area (Å²) in [6.45, 7) is 3.28. The van der Waals surface area contributed by atoms with E-state index in [0.29, 0.717) is 19.3 Å². The third-order valence-corrected chi connectivity index (χ3v) is 3.60. The third-order valence-electron chi connectivity index (χ3n) is 3.60. The van der Waals surface area contributed by atoms with Gasteiger partial charge in [0.2, 0.25) is 5.91 Å². The van der Waals surface area contributed by atoms with Crippen molar-refractivity contribution in [3.63, 3.8) is 0 Å². The zero-order valence-corrected chi connectivity index (χ0v) is 12.0. The van der Waals surface area contributed by atoms with Gasteiger partial charge in [0.25, 0.3) is 0 Å². The van der Waals surface area contributed by atoms with E-state index < -0.39 is 29.4 Å². The molecule has 0 saturated heterocycles. The van der Waals surface area contributed by atoms with Gasteiger partial charge in [-0.25, -0.2) is 0 Å². The van der Waals surface area contributed by atoms with Crippen molar-refractivity contribution in [1.29, 1.82) is 0 Å². The molecule has 7 nitrogen and oxygen atoms in total. The molecular formula is C13H23N3O4. The van der Waals surface area contributed by atoms with Gasteiger partial charge in [0.15, 0.2) is 5.78 Å². The highest BCUT2D eigenvalue weighted by atomic mass is 16.5. The molecular weight excluding hydrogens is 262 g/mol. The quantitative estimate of drug-likeness (QED) is 0.542. The lowest BCUT2D eigenvalue weighted by Gasteiger charge is -2.28. The second-order valence-corrected chi connectivity index (χ2v) is 5.18. The first kappa shape index (κ1) is 16.6. The number of rotatable bonds is 6. The second kappa shape index (κ2) is 6.81. The summed E-state index contributed by atoms with van der Waals surface area (Å²) < 4.78 is 4.95. The largest absolute Gasteiger partial charge is 0.465 e. The van der Waals surface area contributed by atoms with E-state index >= 15 is 0 Å². The van der Waals surface area contributed by atoms with Crippen LogP contribution < -0.4 is 16.8 Å². The first-order valence-corrected chi connectivity index (χ1v) is 6.85. The van der Waals surface area contributed by atoms with Gasteiger partial charge in [0.05, 0.1) is 19.2 Å². The smallest absolute Gasteiger partial charge is 0.326 e. The first-order valence-electron chi connectivity index (χ1n) is 6.85. The molecule has 5 N–H and O–H groups in total. The number of ketones is 1. The van der Waals surface area contributed by atoms with Crippen LogP contribution in [0, 0.1) is 5.92 Å². The van der Waals surface area contributed by atoms with E-state index in [1.165, 1.54) is 6.92 Å². The average molecular weight is 285 g/mol. The minimum Gasteiger partial charge on any atom is -0.465 e. The van der Waals surface area contributed by atoms with Crippen LogP contribution in [0.25, 0.3) is 0 Å². The molecule has 1 aliphatic carbocycles. The van der Waals surface area contributed by atoms with Crippen molar-refractivity contribution in [3.8, 4) is 0 Å². The van der Waals surface area contributed by atoms with Gasteiger partial charge in [-0.15, -0.1) is 0 Å². The van der Waals surface area contributed by atoms with Crippen LogP contribution in [-0.4, -0.2) is 42.4 Å². The molecule has 0 aromatic carbocycles. The molecule has 1 aliphatic rings. The minimum absolute atomic E-state index is 0.163. The van der Waals surface area contributed by atoms with E-state index in [-0.39, 0.29) is 18.9 Å². The number of hydrogen-bond acceptors (Lipinski definition) is 6. The van der Waals surface area contributed by atoms with Crippen LogP contribution in [-0.2, 0) is 19.1 Å². The normalized spacial score (nSPS) is 26.9. The molecule has 7 heteroatoms. The van der Waals surface area contributed by atoms with E-state index in [1.807, 2.05) is 0 Å². The number of ether oxygens (including phenoxy) is 1. The fraction of sp³-hybridized carbons (Fsp3) is 0.769. The molecule has 1 amide bonds. The zero-order valence-electron chi connectivity index (χ0n) is 12.0. The molecule has 0 aromatic rings. The molecule has 0 radical (unpaired) electrons. The highest BCUT2D eigenvalue weighted by molar-refractivity contribution is 5.95. The Balaban J connectivity index is 2.66. The van der Waals surface area contributed by atoms with Crippen molar-refractivity contribution in [1.82, 2.24) is 5.32 Å². The van der Waals surface area contributed by atoms with Crippen LogP contribution in [0.3, 0.4) is 0 Å². The summed E-state index contributed by atoms with van der Waals surface area (Å²) in [5.41, 5.74) is 10.2. The molecule has 0 aliphatic heterocycles. The van der Waals surface area contributed by atoms with Crippen molar-refractivity contribution >= 4 is 17.7 Å². The lowest BCUT2D eigenvalue weighted by atomic mass is 9.84. The van der Waals surface area contributed by atoms with Crippen molar-refractivity contribution < 1.29 is 19.1 Å². The van der Waals surface area contributed by atoms with Gasteiger partial charge in [0, 0.05) is 5.92 Å². The van der Waals surface area contributed by atoms with Gasteiger partial charge < -0.3 is 21.5 Å². The molecule has 1 rings (SSSR count). The molecule has 0 heterocycles. The van der Waals surface area contributed by atoms with Crippen LogP contribution in [0.4, 0.5) is 0 Å². The van der Waals surface area contributed by atoms with E-state index in [1.54, 1.807) is 6.92 Å². The first-order chi connectivity index (χ1) is 9.32. The van der Waals surface area contributed by atoms with Gasteiger partial charge in [-0.3, -0.25) is 14.4 Å². The summed E-state index contributed by atoms with van der Waals surface area (Å²) in [6.07, 6.45) is 1.64. The maximum Gasteiger partial charge on any atom is 0.326 e. The number of amides is 1. The summed E-state index contributed by atoms with van der Waals surface area (Å²) in [5.74, 6) is -1.83. The topological polar surface area (TPSA) is 125 Å². The van der Waals surface area contributed by atoms with Crippen LogP contribution in [0.5, 0.6) is 0 Å². The van der Waals surface area contributed by atoms with Crippen molar-refractivity contribution in [2.75, 3.05) is 13.2 Å². The maximum atomic E-state index is 12.2. The highest BCUT2D eigenvalue weighted by Crippen LogP contribution is 2.35. The van der Waals surface area contributed by atoms with Gasteiger partial charge in [-0.2, -0.15) is 0 Å². The Morgan fingerprint density at radius 3 is 2.65 bits per heavy atom. The van der Waals surface area contributed by atoms with Crippen molar-refractivity contribution in [2.24, 2.45) is 17.4 Å². The van der Waals surface area contributed by atoms with E-state index in [0.717, 1.165) is 0 Å². The summed E-state index contributed by atoms with van der Waals surface area (Å²) in [4.78, 5) is 35.4. The molecule has 0 bridgehead atoms. The van der Waals surface area contributed by atoms with Gasteiger partial charge in [-0.1, -0.05) is 6.42 Å². The Hall–Kier alpha value is -1.47. The van der Waals surface area contributed by atoms with Gasteiger partial charge >= 0.3 is 5.97 Å². The lowest BCUT2D eigenvalue weighted by Crippen LogP contribution is -2.56. The van der Waals surface area contributed by atoms with E-state index in [4.69, 9.17) is 16.2 Å². The molecule has 1 fully saturated rings. The Labute approximate surface area is 118 Å². The van der Waals surface area contributed by atoms with Gasteiger partial charge in [0.1, 0.15) is 5.54 Å². The third kappa shape index (κ3) is 3.55. The molecule has 0 aromatic heterocycles. The number of carbonyl (C=O) groups excluding carboxylic acids is 3. The number of Topliss-reactive ketones (excluding diaryl/α,β-unsaturated/α-hetero) is 1. The van der Waals surface area contributed by atoms with Crippen LogP contribution >= 0.6 is 0 Å². The van der Waals surface area contributed by atoms with Crippen molar-refractivity contribution in [2.45, 2.75) is 44.7 Å². The number of nitrogens with two attached hydrogens (primary N) is 2. The average Bonchev–Trinajstić information content (AvgIpc) is 2.79. The summed E-state index contributed by atoms with van der Waals surface area (Å²) in [6, 6.07) is -0.681. The fourth-order valence-corrected chi connectivity index (χ4v) is 2.45. The van der Waals surface area contributed by atoms with Crippen LogP contribution in [0.2, 0.25) is 0 Å². The minimum atomic E-state index is -1.27. The Kier molecular flexibility index (Phi) is 5.64. The molecule has 2 unspecified atom stereocenters. The monoisotopic (exact) mass is 285 g/mol. The second-order valence-electron chi connectivity index (χ2n) is 5.18. The summed E-state index contributed by atoms with van der Waals surface area (Å²) >= 11 is 0. The van der Waals surface area contributed by atoms with Crippen LogP contribution in [0.15, 0.2) is 0 Å². The number of carbonyl (C=O) groups is 3. The molecule has 3 atom stereocenters. The summed E-state index contributed by atoms with van der Waals surface area (Å²) in [5, 5.41) is 2.45. The lowest BCUT2D eigenvalue weighted by molar-refractivity contribution is -0.153. The predicted octanol–water partition coefficient (Wildman–Crippen LogP) is -0.920. The Morgan fingerprint density at radius 1 is 1.45 bits per heavy atom. The summed E-state index contributed by atoms with van der Waals surface area (Å²) in [7, 11) is 0. The van der Waals surface area contributed by atoms with Crippen molar-refractivity contribution in [3.05, 3.63) is 0 Å².